The summed E-state index contributed by atoms with van der Waals surface area (Å²) in [6, 6.07) is 11.3. The van der Waals surface area contributed by atoms with E-state index in [9.17, 15) is 0 Å². The van der Waals surface area contributed by atoms with Crippen molar-refractivity contribution in [3.8, 4) is 0 Å². The molecular formula is C23H25F2NZr. The van der Waals surface area contributed by atoms with Crippen molar-refractivity contribution in [1.29, 1.82) is 0 Å². The summed E-state index contributed by atoms with van der Waals surface area (Å²) in [5.74, 6) is 0. The molecule has 0 N–H and O–H groups in total. The minimum Gasteiger partial charge on any atom is -1.00 e. The maximum atomic E-state index is 2.45. The number of benzene rings is 1. The molecule has 1 aromatic carbocycles. The maximum Gasteiger partial charge on any atom is -1.00 e. The molecule has 2 aromatic rings. The molecule has 27 heavy (non-hydrogen) atoms. The molecule has 1 nitrogen and oxygen atoms in total. The molecule has 2 aliphatic carbocycles. The third kappa shape index (κ3) is 4.16. The van der Waals surface area contributed by atoms with Crippen LogP contribution in [0.2, 0.25) is 0 Å². The van der Waals surface area contributed by atoms with Crippen molar-refractivity contribution in [3.63, 3.8) is 0 Å². The summed E-state index contributed by atoms with van der Waals surface area (Å²) in [6.45, 7) is 6.73. The second-order valence-electron chi connectivity index (χ2n) is 7.16. The molecule has 0 aliphatic heterocycles. The second kappa shape index (κ2) is 9.10. The Morgan fingerprint density at radius 1 is 1.15 bits per heavy atom. The summed E-state index contributed by atoms with van der Waals surface area (Å²) in [5, 5.41) is 0. The fourth-order valence-corrected chi connectivity index (χ4v) is 8.41. The van der Waals surface area contributed by atoms with Gasteiger partial charge in [-0.25, -0.2) is 0 Å². The van der Waals surface area contributed by atoms with Crippen LogP contribution < -0.4 is 9.41 Å². The van der Waals surface area contributed by atoms with Crippen molar-refractivity contribution in [2.45, 2.75) is 43.7 Å². The number of aryl methyl sites for hydroxylation is 2. The number of allylic oxidation sites excluding steroid dienone is 5. The maximum absolute atomic E-state index is 2.45. The normalized spacial score (nSPS) is 17.1. The monoisotopic (exact) mass is 443 g/mol. The molecule has 2 aliphatic rings. The number of rotatable bonds is 5. The first-order chi connectivity index (χ1) is 12.2. The Kier molecular flexibility index (Phi) is 7.34. The van der Waals surface area contributed by atoms with E-state index in [0.29, 0.717) is 3.63 Å². The zero-order valence-electron chi connectivity index (χ0n) is 16.1. The van der Waals surface area contributed by atoms with Gasteiger partial charge < -0.3 is 9.41 Å². The van der Waals surface area contributed by atoms with Gasteiger partial charge in [0.15, 0.2) is 0 Å². The summed E-state index contributed by atoms with van der Waals surface area (Å²) in [5.41, 5.74) is 8.86. The molecule has 4 heteroatoms. The van der Waals surface area contributed by atoms with Gasteiger partial charge in [0.05, 0.1) is 0 Å². The van der Waals surface area contributed by atoms with Gasteiger partial charge in [0.2, 0.25) is 0 Å². The predicted octanol–water partition coefficient (Wildman–Crippen LogP) is 0.262. The van der Waals surface area contributed by atoms with Gasteiger partial charge in [0.25, 0.3) is 0 Å². The van der Waals surface area contributed by atoms with Crippen molar-refractivity contribution in [3.05, 3.63) is 79.9 Å². The Balaban J connectivity index is 0.00000131. The van der Waals surface area contributed by atoms with Crippen LogP contribution >= 0.6 is 0 Å². The fraction of sp³-hybridized carbons (Fsp3) is 0.304. The average Bonchev–Trinajstić information content (AvgIpc) is 3.27. The van der Waals surface area contributed by atoms with E-state index >= 15 is 0 Å². The Hall–Kier alpha value is -1.54. The molecule has 4 rings (SSSR count). The minimum absolute atomic E-state index is 0. The summed E-state index contributed by atoms with van der Waals surface area (Å²) < 4.78 is 4.88. The molecule has 0 saturated carbocycles. The molecule has 0 fully saturated rings. The minimum atomic E-state index is -0.723. The third-order valence-electron chi connectivity index (χ3n) is 5.20. The van der Waals surface area contributed by atoms with Gasteiger partial charge in [0, 0.05) is 0 Å². The van der Waals surface area contributed by atoms with Crippen LogP contribution in [0, 0.1) is 13.8 Å². The molecule has 0 spiro atoms. The Labute approximate surface area is 172 Å². The SMILES string of the molecule is CCCC1=[C]([Zr+2][CH]2C(n3cc(C)cc3C)=Cc3ccccc32)CC=C1.[F-].[F-]. The van der Waals surface area contributed by atoms with Crippen LogP contribution in [0.4, 0.5) is 0 Å². The first-order valence-corrected chi connectivity index (χ1v) is 11.9. The Bertz CT molecular complexity index is 905. The van der Waals surface area contributed by atoms with Crippen LogP contribution in [0.3, 0.4) is 0 Å². The molecule has 0 radical (unpaired) electrons. The quantitative estimate of drug-likeness (QED) is 0.624. The van der Waals surface area contributed by atoms with Gasteiger partial charge >= 0.3 is 163 Å². The molecule has 1 aromatic heterocycles. The van der Waals surface area contributed by atoms with Gasteiger partial charge in [-0.05, 0) is 0 Å². The van der Waals surface area contributed by atoms with E-state index in [1.807, 2.05) is 0 Å². The number of fused-ring (bicyclic) bond motifs is 1. The zero-order valence-corrected chi connectivity index (χ0v) is 18.6. The summed E-state index contributed by atoms with van der Waals surface area (Å²) in [7, 11) is 0. The number of hydrogen-bond donors (Lipinski definition) is 0. The molecule has 1 atom stereocenters. The first kappa shape index (κ1) is 21.8. The van der Waals surface area contributed by atoms with Gasteiger partial charge in [-0.1, -0.05) is 0 Å². The van der Waals surface area contributed by atoms with Crippen molar-refractivity contribution in [2.75, 3.05) is 0 Å². The van der Waals surface area contributed by atoms with E-state index in [2.05, 4.69) is 80.1 Å². The van der Waals surface area contributed by atoms with Crippen LogP contribution in [0.25, 0.3) is 11.8 Å². The van der Waals surface area contributed by atoms with Crippen molar-refractivity contribution >= 4 is 11.8 Å². The van der Waals surface area contributed by atoms with Crippen LogP contribution in [-0.2, 0) is 23.2 Å². The van der Waals surface area contributed by atoms with Crippen LogP contribution in [0.15, 0.2) is 57.5 Å². The molecule has 0 saturated heterocycles. The van der Waals surface area contributed by atoms with Crippen LogP contribution in [0.1, 0.15) is 52.2 Å². The van der Waals surface area contributed by atoms with Gasteiger partial charge in [-0.2, -0.15) is 0 Å². The topological polar surface area (TPSA) is 4.93 Å². The number of halogens is 2. The Morgan fingerprint density at radius 2 is 1.93 bits per heavy atom. The van der Waals surface area contributed by atoms with E-state index in [-0.39, 0.29) is 9.41 Å². The first-order valence-electron chi connectivity index (χ1n) is 9.29. The van der Waals surface area contributed by atoms with Crippen LogP contribution in [-0.4, -0.2) is 4.57 Å². The molecule has 1 heterocycles. The third-order valence-corrected chi connectivity index (χ3v) is 9.55. The zero-order chi connectivity index (χ0) is 17.4. The molecule has 0 amide bonds. The van der Waals surface area contributed by atoms with E-state index in [4.69, 9.17) is 0 Å². The van der Waals surface area contributed by atoms with Crippen molar-refractivity contribution in [1.82, 2.24) is 4.57 Å². The summed E-state index contributed by atoms with van der Waals surface area (Å²) >= 11 is -0.723. The van der Waals surface area contributed by atoms with Gasteiger partial charge in [-0.15, -0.1) is 0 Å². The van der Waals surface area contributed by atoms with E-state index < -0.39 is 23.2 Å². The number of nitrogens with zero attached hydrogens (tertiary/aromatic N) is 1. The average molecular weight is 445 g/mol. The molecule has 1 unspecified atom stereocenters. The van der Waals surface area contributed by atoms with Gasteiger partial charge in [-0.3, -0.25) is 0 Å². The van der Waals surface area contributed by atoms with Crippen molar-refractivity contribution in [2.24, 2.45) is 0 Å². The fourth-order valence-electron chi connectivity index (χ4n) is 4.07. The van der Waals surface area contributed by atoms with Gasteiger partial charge in [0.1, 0.15) is 0 Å². The largest absolute Gasteiger partial charge is 1.00 e. The Morgan fingerprint density at radius 3 is 2.63 bits per heavy atom. The molecule has 0 bridgehead atoms. The van der Waals surface area contributed by atoms with E-state index in [1.54, 1.807) is 14.4 Å². The van der Waals surface area contributed by atoms with E-state index in [1.165, 1.54) is 41.8 Å². The van der Waals surface area contributed by atoms with Crippen LogP contribution in [0.5, 0.6) is 0 Å². The summed E-state index contributed by atoms with van der Waals surface area (Å²) in [4.78, 5) is 0. The number of aromatic nitrogens is 1. The van der Waals surface area contributed by atoms with Crippen molar-refractivity contribution < 1.29 is 32.6 Å². The predicted molar refractivity (Wildman–Crippen MR) is 103 cm³/mol. The number of hydrogen-bond acceptors (Lipinski definition) is 0. The molecular weight excluding hydrogens is 419 g/mol. The molecule has 140 valence electrons. The summed E-state index contributed by atoms with van der Waals surface area (Å²) in [6.07, 6.45) is 13.2. The smallest absolute Gasteiger partial charge is 1.00 e. The van der Waals surface area contributed by atoms with E-state index in [0.717, 1.165) is 0 Å². The standard InChI is InChI=1S/C15H14N.C8H11.2FH.Zr/c1-11-7-12(2)16(10-11)15-8-13-5-3-4-6-14(13)9-15;1-2-5-8-6-3-4-7-8;;;/h3-10H,1-2H3;3,6H,2,4-5H2,1H3;2*1H;/q;;;;+2/p-2. The second-order valence-corrected chi connectivity index (χ2v) is 10.8.